The van der Waals surface area contributed by atoms with Gasteiger partial charge in [0.25, 0.3) is 5.56 Å². The molecule has 0 fully saturated rings. The van der Waals surface area contributed by atoms with Crippen molar-refractivity contribution in [3.05, 3.63) is 40.9 Å². The van der Waals surface area contributed by atoms with Gasteiger partial charge in [-0.3, -0.25) is 4.79 Å². The second-order valence-corrected chi connectivity index (χ2v) is 5.06. The number of hydrogen-bond acceptors (Lipinski definition) is 2. The lowest BCUT2D eigenvalue weighted by atomic mass is 10.1. The summed E-state index contributed by atoms with van der Waals surface area (Å²) in [7, 11) is 0. The SMILES string of the molecule is CCCCn1c(=O)c2ncn(CC)c2c2ccccc21.Cl. The zero-order valence-corrected chi connectivity index (χ0v) is 13.2. The third kappa shape index (κ3) is 2.44. The minimum Gasteiger partial charge on any atom is -0.330 e. The Hall–Kier alpha value is -1.81. The summed E-state index contributed by atoms with van der Waals surface area (Å²) in [5, 5.41) is 1.11. The third-order valence-electron chi connectivity index (χ3n) is 3.81. The molecule has 0 saturated heterocycles. The van der Waals surface area contributed by atoms with Gasteiger partial charge < -0.3 is 9.13 Å². The highest BCUT2D eigenvalue weighted by Gasteiger charge is 2.14. The summed E-state index contributed by atoms with van der Waals surface area (Å²) in [6, 6.07) is 8.11. The van der Waals surface area contributed by atoms with Crippen molar-refractivity contribution in [3.63, 3.8) is 0 Å². The summed E-state index contributed by atoms with van der Waals surface area (Å²) in [4.78, 5) is 17.0. The van der Waals surface area contributed by atoms with Crippen LogP contribution in [0.1, 0.15) is 26.7 Å². The number of benzene rings is 1. The Kier molecular flexibility index (Phi) is 4.68. The molecule has 3 aromatic rings. The molecule has 0 radical (unpaired) electrons. The first-order chi connectivity index (χ1) is 9.77. The van der Waals surface area contributed by atoms with Crippen LogP contribution in [0.15, 0.2) is 35.4 Å². The van der Waals surface area contributed by atoms with Gasteiger partial charge in [0.15, 0.2) is 5.52 Å². The lowest BCUT2D eigenvalue weighted by Gasteiger charge is -2.11. The first-order valence-corrected chi connectivity index (χ1v) is 7.24. The van der Waals surface area contributed by atoms with E-state index in [2.05, 4.69) is 24.9 Å². The van der Waals surface area contributed by atoms with Crippen molar-refractivity contribution in [2.75, 3.05) is 0 Å². The molecule has 1 aromatic carbocycles. The van der Waals surface area contributed by atoms with E-state index in [-0.39, 0.29) is 18.0 Å². The number of para-hydroxylation sites is 1. The minimum absolute atomic E-state index is 0. The summed E-state index contributed by atoms with van der Waals surface area (Å²) in [5.41, 5.74) is 2.58. The lowest BCUT2D eigenvalue weighted by molar-refractivity contribution is 0.634. The maximum absolute atomic E-state index is 12.7. The Bertz CT molecular complexity index is 819. The van der Waals surface area contributed by atoms with Crippen molar-refractivity contribution in [2.24, 2.45) is 0 Å². The van der Waals surface area contributed by atoms with Gasteiger partial charge in [-0.15, -0.1) is 12.4 Å². The summed E-state index contributed by atoms with van der Waals surface area (Å²) in [5.74, 6) is 0. The molecule has 0 saturated carbocycles. The second kappa shape index (κ2) is 6.31. The van der Waals surface area contributed by atoms with Crippen molar-refractivity contribution in [1.29, 1.82) is 0 Å². The molecular formula is C16H20ClN3O. The molecule has 0 amide bonds. The van der Waals surface area contributed by atoms with E-state index in [9.17, 15) is 4.79 Å². The van der Waals surface area contributed by atoms with E-state index >= 15 is 0 Å². The van der Waals surface area contributed by atoms with Crippen molar-refractivity contribution in [1.82, 2.24) is 14.1 Å². The average Bonchev–Trinajstić information content (AvgIpc) is 2.91. The predicted molar refractivity (Wildman–Crippen MR) is 89.3 cm³/mol. The van der Waals surface area contributed by atoms with Crippen LogP contribution in [0.25, 0.3) is 21.9 Å². The minimum atomic E-state index is 0. The molecule has 0 bridgehead atoms. The van der Waals surface area contributed by atoms with Crippen LogP contribution in [0.4, 0.5) is 0 Å². The lowest BCUT2D eigenvalue weighted by Crippen LogP contribution is -2.21. The summed E-state index contributed by atoms with van der Waals surface area (Å²) in [6.45, 7) is 5.78. The summed E-state index contributed by atoms with van der Waals surface area (Å²) in [6.07, 6.45) is 3.84. The molecule has 0 unspecified atom stereocenters. The van der Waals surface area contributed by atoms with Gasteiger partial charge in [0.05, 0.1) is 17.4 Å². The molecule has 5 heteroatoms. The Morgan fingerprint density at radius 3 is 2.67 bits per heavy atom. The van der Waals surface area contributed by atoms with E-state index in [1.807, 2.05) is 27.3 Å². The second-order valence-electron chi connectivity index (χ2n) is 5.06. The van der Waals surface area contributed by atoms with E-state index in [1.165, 1.54) is 0 Å². The number of imidazole rings is 1. The quantitative estimate of drug-likeness (QED) is 0.739. The number of halogens is 1. The number of aryl methyl sites for hydroxylation is 2. The van der Waals surface area contributed by atoms with Crippen LogP contribution >= 0.6 is 12.4 Å². The maximum atomic E-state index is 12.7. The van der Waals surface area contributed by atoms with Crippen LogP contribution in [0.5, 0.6) is 0 Å². The molecule has 0 atom stereocenters. The zero-order chi connectivity index (χ0) is 14.1. The van der Waals surface area contributed by atoms with Gasteiger partial charge >= 0.3 is 0 Å². The van der Waals surface area contributed by atoms with Crippen LogP contribution in [-0.2, 0) is 13.1 Å². The first kappa shape index (κ1) is 15.6. The Labute approximate surface area is 129 Å². The molecule has 112 valence electrons. The zero-order valence-electron chi connectivity index (χ0n) is 12.4. The molecule has 2 aromatic heterocycles. The average molecular weight is 306 g/mol. The molecule has 21 heavy (non-hydrogen) atoms. The molecule has 0 N–H and O–H groups in total. The first-order valence-electron chi connectivity index (χ1n) is 7.24. The predicted octanol–water partition coefficient (Wildman–Crippen LogP) is 3.59. The molecule has 0 aliphatic carbocycles. The standard InChI is InChI=1S/C16H19N3O.ClH/c1-3-5-10-19-13-9-7-6-8-12(13)15-14(16(19)20)17-11-18(15)4-2;/h6-9,11H,3-5,10H2,1-2H3;1H. The largest absolute Gasteiger partial charge is 0.330 e. The fourth-order valence-corrected chi connectivity index (χ4v) is 2.75. The highest BCUT2D eigenvalue weighted by atomic mass is 35.5. The number of rotatable bonds is 4. The van der Waals surface area contributed by atoms with Gasteiger partial charge in [0.1, 0.15) is 0 Å². The van der Waals surface area contributed by atoms with Crippen molar-refractivity contribution in [2.45, 2.75) is 39.8 Å². The highest BCUT2D eigenvalue weighted by molar-refractivity contribution is 6.02. The Morgan fingerprint density at radius 1 is 1.19 bits per heavy atom. The molecule has 2 heterocycles. The van der Waals surface area contributed by atoms with E-state index in [1.54, 1.807) is 6.33 Å². The summed E-state index contributed by atoms with van der Waals surface area (Å²) >= 11 is 0. The number of pyridine rings is 1. The fraction of sp³-hybridized carbons (Fsp3) is 0.375. The number of nitrogens with zero attached hydrogens (tertiary/aromatic N) is 3. The van der Waals surface area contributed by atoms with E-state index in [0.717, 1.165) is 42.4 Å². The monoisotopic (exact) mass is 305 g/mol. The molecule has 0 aliphatic rings. The normalized spacial score (nSPS) is 11.0. The topological polar surface area (TPSA) is 39.8 Å². The number of fused-ring (bicyclic) bond motifs is 3. The van der Waals surface area contributed by atoms with E-state index < -0.39 is 0 Å². The van der Waals surface area contributed by atoms with E-state index in [4.69, 9.17) is 0 Å². The van der Waals surface area contributed by atoms with Crippen LogP contribution in [-0.4, -0.2) is 14.1 Å². The van der Waals surface area contributed by atoms with Crippen molar-refractivity contribution >= 4 is 34.3 Å². The van der Waals surface area contributed by atoms with E-state index in [0.29, 0.717) is 5.52 Å². The Morgan fingerprint density at radius 2 is 1.95 bits per heavy atom. The fourth-order valence-electron chi connectivity index (χ4n) is 2.75. The van der Waals surface area contributed by atoms with Crippen LogP contribution in [0.2, 0.25) is 0 Å². The van der Waals surface area contributed by atoms with Gasteiger partial charge in [-0.05, 0) is 19.4 Å². The molecule has 0 spiro atoms. The van der Waals surface area contributed by atoms with Crippen molar-refractivity contribution in [3.8, 4) is 0 Å². The van der Waals surface area contributed by atoms with Crippen LogP contribution < -0.4 is 5.56 Å². The van der Waals surface area contributed by atoms with Gasteiger partial charge in [-0.2, -0.15) is 0 Å². The molecule has 0 aliphatic heterocycles. The van der Waals surface area contributed by atoms with Gasteiger partial charge in [0.2, 0.25) is 0 Å². The molecule has 3 rings (SSSR count). The van der Waals surface area contributed by atoms with Crippen LogP contribution in [0, 0.1) is 0 Å². The molecular weight excluding hydrogens is 286 g/mol. The number of aromatic nitrogens is 3. The number of hydrogen-bond donors (Lipinski definition) is 0. The highest BCUT2D eigenvalue weighted by Crippen LogP contribution is 2.22. The maximum Gasteiger partial charge on any atom is 0.279 e. The Balaban J connectivity index is 0.00000161. The van der Waals surface area contributed by atoms with Crippen LogP contribution in [0.3, 0.4) is 0 Å². The summed E-state index contributed by atoms with van der Waals surface area (Å²) < 4.78 is 3.91. The van der Waals surface area contributed by atoms with Gasteiger partial charge in [0, 0.05) is 18.5 Å². The van der Waals surface area contributed by atoms with Gasteiger partial charge in [-0.25, -0.2) is 4.98 Å². The number of unbranched alkanes of at least 4 members (excludes halogenated alkanes) is 1. The third-order valence-corrected chi connectivity index (χ3v) is 3.81. The van der Waals surface area contributed by atoms with Gasteiger partial charge in [-0.1, -0.05) is 31.5 Å². The van der Waals surface area contributed by atoms with Crippen molar-refractivity contribution < 1.29 is 0 Å². The smallest absolute Gasteiger partial charge is 0.279 e. The molecule has 4 nitrogen and oxygen atoms in total.